The molecule has 0 saturated heterocycles. The number of hydrogen-bond donors (Lipinski definition) is 1. The first kappa shape index (κ1) is 22.6. The molecular weight excluding hydrogens is 445 g/mol. The Morgan fingerprint density at radius 2 is 1.73 bits per heavy atom. The highest BCUT2D eigenvalue weighted by atomic mass is 35.5. The molecule has 1 saturated carbocycles. The molecule has 10 heteroatoms. The van der Waals surface area contributed by atoms with Gasteiger partial charge in [-0.15, -0.1) is 0 Å². The van der Waals surface area contributed by atoms with Crippen molar-refractivity contribution in [1.29, 1.82) is 0 Å². The summed E-state index contributed by atoms with van der Waals surface area (Å²) < 4.78 is 71.5. The molecule has 162 valence electrons. The van der Waals surface area contributed by atoms with Crippen molar-refractivity contribution in [3.63, 3.8) is 0 Å². The van der Waals surface area contributed by atoms with Crippen molar-refractivity contribution in [2.75, 3.05) is 0 Å². The summed E-state index contributed by atoms with van der Waals surface area (Å²) >= 11 is 5.81. The molecule has 0 bridgehead atoms. The fourth-order valence-electron chi connectivity index (χ4n) is 3.56. The molecule has 1 aliphatic rings. The van der Waals surface area contributed by atoms with Gasteiger partial charge in [0.1, 0.15) is 0 Å². The number of carbonyl (C=O) groups is 1. The van der Waals surface area contributed by atoms with E-state index >= 15 is 0 Å². The molecule has 3 rings (SSSR count). The molecule has 0 aromatic heterocycles. The van der Waals surface area contributed by atoms with Gasteiger partial charge >= 0.3 is 12.1 Å². The third-order valence-electron chi connectivity index (χ3n) is 5.09. The lowest BCUT2D eigenvalue weighted by Crippen LogP contribution is -2.25. The van der Waals surface area contributed by atoms with E-state index in [-0.39, 0.29) is 19.4 Å². The van der Waals surface area contributed by atoms with Gasteiger partial charge in [0.05, 0.1) is 34.3 Å². The van der Waals surface area contributed by atoms with E-state index < -0.39 is 49.7 Å². The average Bonchev–Trinajstić information content (AvgIpc) is 3.12. The van der Waals surface area contributed by atoms with Crippen LogP contribution in [0.25, 0.3) is 0 Å². The monoisotopic (exact) mass is 462 g/mol. The number of sulfone groups is 1. The number of halogens is 4. The van der Waals surface area contributed by atoms with Crippen LogP contribution in [-0.2, 0) is 32.2 Å². The van der Waals surface area contributed by atoms with Crippen LogP contribution >= 0.6 is 11.6 Å². The molecule has 0 heterocycles. The van der Waals surface area contributed by atoms with Crippen LogP contribution in [0.4, 0.5) is 13.2 Å². The lowest BCUT2D eigenvalue weighted by atomic mass is 10.1. The van der Waals surface area contributed by atoms with Crippen LogP contribution in [-0.4, -0.2) is 30.8 Å². The number of ether oxygens (including phenoxy) is 1. The van der Waals surface area contributed by atoms with Gasteiger partial charge in [0.2, 0.25) is 0 Å². The summed E-state index contributed by atoms with van der Waals surface area (Å²) in [6.07, 6.45) is -6.33. The summed E-state index contributed by atoms with van der Waals surface area (Å²) in [6, 6.07) is 10.5. The Balaban J connectivity index is 1.83. The summed E-state index contributed by atoms with van der Waals surface area (Å²) in [4.78, 5) is 10.8. The molecular formula is C20H18ClF3O5S. The van der Waals surface area contributed by atoms with Gasteiger partial charge in [-0.3, -0.25) is 4.79 Å². The van der Waals surface area contributed by atoms with E-state index in [1.54, 1.807) is 24.3 Å². The Bertz CT molecular complexity index is 1020. The van der Waals surface area contributed by atoms with Gasteiger partial charge in [-0.25, -0.2) is 8.42 Å². The van der Waals surface area contributed by atoms with Crippen LogP contribution < -0.4 is 0 Å². The first-order valence-corrected chi connectivity index (χ1v) is 10.9. The number of hydrogen-bond acceptors (Lipinski definition) is 4. The Morgan fingerprint density at radius 3 is 2.33 bits per heavy atom. The molecule has 5 nitrogen and oxygen atoms in total. The van der Waals surface area contributed by atoms with E-state index in [0.717, 1.165) is 12.1 Å². The van der Waals surface area contributed by atoms with Crippen molar-refractivity contribution in [1.82, 2.24) is 0 Å². The van der Waals surface area contributed by atoms with E-state index in [9.17, 15) is 31.5 Å². The quantitative estimate of drug-likeness (QED) is 0.679. The summed E-state index contributed by atoms with van der Waals surface area (Å²) in [5.41, 5.74) is -0.556. The van der Waals surface area contributed by atoms with Gasteiger partial charge < -0.3 is 9.84 Å². The fourth-order valence-corrected chi connectivity index (χ4v) is 5.71. The topological polar surface area (TPSA) is 80.7 Å². The highest BCUT2D eigenvalue weighted by Gasteiger charge is 2.47. The standard InChI is InChI=1S/C20H18ClF3O5S/c21-13-7-5-12(6-8-13)11-29-17-10-14(9-15(17)19(25)26)30(27,28)18-4-2-1-3-16(18)20(22,23)24/h1-8,14-15,17H,9-11H2,(H,25,26)/t14-,15-,17-/m0/s1. The molecule has 1 fully saturated rings. The third-order valence-corrected chi connectivity index (χ3v) is 7.58. The van der Waals surface area contributed by atoms with Gasteiger partial charge in [-0.05, 0) is 42.7 Å². The van der Waals surface area contributed by atoms with Crippen LogP contribution in [0.5, 0.6) is 0 Å². The van der Waals surface area contributed by atoms with E-state index in [1.807, 2.05) is 0 Å². The molecule has 0 aliphatic heterocycles. The predicted octanol–water partition coefficient (Wildman–Crippen LogP) is 4.58. The molecule has 2 aromatic rings. The van der Waals surface area contributed by atoms with Crippen molar-refractivity contribution in [2.24, 2.45) is 5.92 Å². The van der Waals surface area contributed by atoms with Crippen molar-refractivity contribution in [3.05, 3.63) is 64.7 Å². The second kappa shape index (κ2) is 8.56. The zero-order valence-electron chi connectivity index (χ0n) is 15.5. The van der Waals surface area contributed by atoms with Crippen LogP contribution in [0.15, 0.2) is 53.4 Å². The van der Waals surface area contributed by atoms with Crippen molar-refractivity contribution in [3.8, 4) is 0 Å². The van der Waals surface area contributed by atoms with E-state index in [2.05, 4.69) is 0 Å². The highest BCUT2D eigenvalue weighted by Crippen LogP contribution is 2.40. The minimum atomic E-state index is -4.85. The SMILES string of the molecule is O=C(O)[C@H]1C[C@H](S(=O)(=O)c2ccccc2C(F)(F)F)C[C@@H]1OCc1ccc(Cl)cc1. The summed E-state index contributed by atoms with van der Waals surface area (Å²) in [5.74, 6) is -2.40. The van der Waals surface area contributed by atoms with Gasteiger partial charge in [0.15, 0.2) is 9.84 Å². The van der Waals surface area contributed by atoms with Crippen LogP contribution in [0.1, 0.15) is 24.0 Å². The molecule has 1 N–H and O–H groups in total. The summed E-state index contributed by atoms with van der Waals surface area (Å²) in [6.45, 7) is 0.0253. The first-order chi connectivity index (χ1) is 14.0. The van der Waals surface area contributed by atoms with Crippen molar-refractivity contribution >= 4 is 27.4 Å². The number of rotatable bonds is 6. The van der Waals surface area contributed by atoms with E-state index in [0.29, 0.717) is 16.7 Å². The van der Waals surface area contributed by atoms with Crippen LogP contribution in [0.2, 0.25) is 5.02 Å². The average molecular weight is 463 g/mol. The smallest absolute Gasteiger partial charge is 0.417 e. The molecule has 1 aliphatic carbocycles. The molecule has 3 atom stereocenters. The Labute approximate surface area is 176 Å². The first-order valence-electron chi connectivity index (χ1n) is 8.99. The van der Waals surface area contributed by atoms with E-state index in [4.69, 9.17) is 16.3 Å². The molecule has 30 heavy (non-hydrogen) atoms. The van der Waals surface area contributed by atoms with Gasteiger partial charge in [-0.2, -0.15) is 13.2 Å². The Kier molecular flexibility index (Phi) is 6.45. The van der Waals surface area contributed by atoms with Crippen LogP contribution in [0, 0.1) is 5.92 Å². The van der Waals surface area contributed by atoms with Crippen LogP contribution in [0.3, 0.4) is 0 Å². The Morgan fingerprint density at radius 1 is 1.10 bits per heavy atom. The number of alkyl halides is 3. The molecule has 2 aromatic carbocycles. The largest absolute Gasteiger partial charge is 0.481 e. The van der Waals surface area contributed by atoms with Gasteiger partial charge in [0.25, 0.3) is 0 Å². The minimum Gasteiger partial charge on any atom is -0.481 e. The number of benzene rings is 2. The number of carboxylic acid groups (broad SMARTS) is 1. The maximum Gasteiger partial charge on any atom is 0.417 e. The number of carboxylic acids is 1. The molecule has 0 spiro atoms. The number of aliphatic carboxylic acids is 1. The fraction of sp³-hybridized carbons (Fsp3) is 0.350. The van der Waals surface area contributed by atoms with Gasteiger partial charge in [0, 0.05) is 5.02 Å². The molecule has 0 amide bonds. The second-order valence-electron chi connectivity index (χ2n) is 7.05. The molecule has 0 unspecified atom stereocenters. The Hall–Kier alpha value is -2.10. The van der Waals surface area contributed by atoms with Crippen molar-refractivity contribution < 1.29 is 36.2 Å². The second-order valence-corrected chi connectivity index (χ2v) is 9.69. The molecule has 0 radical (unpaired) electrons. The van der Waals surface area contributed by atoms with E-state index in [1.165, 1.54) is 6.07 Å². The third kappa shape index (κ3) is 4.79. The normalized spacial score (nSPS) is 22.2. The maximum absolute atomic E-state index is 13.3. The van der Waals surface area contributed by atoms with Gasteiger partial charge in [-0.1, -0.05) is 35.9 Å². The summed E-state index contributed by atoms with van der Waals surface area (Å²) in [5, 5.41) is 8.70. The maximum atomic E-state index is 13.3. The van der Waals surface area contributed by atoms with Crippen molar-refractivity contribution in [2.45, 2.75) is 41.9 Å². The zero-order valence-corrected chi connectivity index (χ0v) is 17.0. The zero-order chi connectivity index (χ0) is 22.1. The minimum absolute atomic E-state index is 0.0253. The summed E-state index contributed by atoms with van der Waals surface area (Å²) in [7, 11) is -4.42. The predicted molar refractivity (Wildman–Crippen MR) is 103 cm³/mol. The lowest BCUT2D eigenvalue weighted by Gasteiger charge is -2.17. The highest BCUT2D eigenvalue weighted by molar-refractivity contribution is 7.92. The lowest BCUT2D eigenvalue weighted by molar-refractivity contribution is -0.146.